The van der Waals surface area contributed by atoms with E-state index in [1.807, 2.05) is 23.5 Å². The highest BCUT2D eigenvalue weighted by Crippen LogP contribution is 2.47. The maximum absolute atomic E-state index is 6.70. The number of benzene rings is 9. The molecule has 4 aromatic heterocycles. The zero-order valence-electron chi connectivity index (χ0n) is 29.2. The summed E-state index contributed by atoms with van der Waals surface area (Å²) < 4.78 is 11.5. The maximum atomic E-state index is 6.70. The fourth-order valence-corrected chi connectivity index (χ4v) is 10.4. The van der Waals surface area contributed by atoms with Gasteiger partial charge in [0.15, 0.2) is 5.58 Å². The Morgan fingerprint density at radius 1 is 0.418 bits per heavy atom. The van der Waals surface area contributed by atoms with Crippen LogP contribution in [0.15, 0.2) is 168 Å². The minimum absolute atomic E-state index is 0.616. The highest BCUT2D eigenvalue weighted by molar-refractivity contribution is 7.25. The van der Waals surface area contributed by atoms with Gasteiger partial charge < -0.3 is 4.42 Å². The van der Waals surface area contributed by atoms with Crippen LogP contribution < -0.4 is 0 Å². The number of hydrogen-bond donors (Lipinski definition) is 0. The van der Waals surface area contributed by atoms with Crippen molar-refractivity contribution in [1.29, 1.82) is 0 Å². The summed E-state index contributed by atoms with van der Waals surface area (Å²) in [5, 5.41) is 15.7. The Balaban J connectivity index is 1.25. The van der Waals surface area contributed by atoms with E-state index in [1.54, 1.807) is 0 Å². The van der Waals surface area contributed by atoms with Gasteiger partial charge in [0.1, 0.15) is 16.8 Å². The van der Waals surface area contributed by atoms with Crippen molar-refractivity contribution in [3.05, 3.63) is 164 Å². The fourth-order valence-electron chi connectivity index (χ4n) is 9.31. The molecule has 0 aliphatic carbocycles. The van der Waals surface area contributed by atoms with Gasteiger partial charge in [-0.15, -0.1) is 11.3 Å². The molecule has 4 nitrogen and oxygen atoms in total. The quantitative estimate of drug-likeness (QED) is 0.167. The first kappa shape index (κ1) is 29.4. The number of hydrogen-bond acceptors (Lipinski definition) is 4. The van der Waals surface area contributed by atoms with Gasteiger partial charge in [0.2, 0.25) is 5.95 Å². The molecule has 0 saturated carbocycles. The third-order valence-corrected chi connectivity index (χ3v) is 12.7. The lowest BCUT2D eigenvalue weighted by molar-refractivity contribution is 0.666. The van der Waals surface area contributed by atoms with E-state index in [1.165, 1.54) is 74.0 Å². The van der Waals surface area contributed by atoms with Crippen LogP contribution in [0.5, 0.6) is 0 Å². The van der Waals surface area contributed by atoms with Crippen molar-refractivity contribution < 1.29 is 4.42 Å². The van der Waals surface area contributed by atoms with E-state index in [9.17, 15) is 0 Å². The van der Waals surface area contributed by atoms with Crippen molar-refractivity contribution in [2.45, 2.75) is 0 Å². The lowest BCUT2D eigenvalue weighted by atomic mass is 9.91. The number of furan rings is 1. The molecule has 0 atom stereocenters. The van der Waals surface area contributed by atoms with E-state index in [2.05, 4.69) is 156 Å². The summed E-state index contributed by atoms with van der Waals surface area (Å²) in [4.78, 5) is 11.0. The largest absolute Gasteiger partial charge is 0.452 e. The molecule has 0 radical (unpaired) electrons. The normalized spacial score (nSPS) is 12.4. The van der Waals surface area contributed by atoms with Gasteiger partial charge in [-0.2, -0.15) is 0 Å². The Bertz CT molecular complexity index is 3760. The summed E-state index contributed by atoms with van der Waals surface area (Å²) in [6.45, 7) is 0. The maximum Gasteiger partial charge on any atom is 0.236 e. The summed E-state index contributed by atoms with van der Waals surface area (Å²) in [6, 6.07) is 58.8. The minimum Gasteiger partial charge on any atom is -0.452 e. The highest BCUT2D eigenvalue weighted by Gasteiger charge is 2.25. The summed E-state index contributed by atoms with van der Waals surface area (Å²) in [5.41, 5.74) is 6.26. The Kier molecular flexibility index (Phi) is 5.74. The predicted molar refractivity (Wildman–Crippen MR) is 232 cm³/mol. The van der Waals surface area contributed by atoms with Crippen LogP contribution in [-0.4, -0.2) is 14.5 Å². The van der Waals surface area contributed by atoms with Crippen LogP contribution in [0.25, 0.3) is 124 Å². The topological polar surface area (TPSA) is 43.9 Å². The van der Waals surface area contributed by atoms with Gasteiger partial charge in [-0.05, 0) is 74.1 Å². The number of para-hydroxylation sites is 1. The molecular formula is C50H27N3OS. The molecule has 55 heavy (non-hydrogen) atoms. The number of fused-ring (bicyclic) bond motifs is 18. The van der Waals surface area contributed by atoms with E-state index in [0.717, 1.165) is 38.8 Å². The van der Waals surface area contributed by atoms with Crippen molar-refractivity contribution in [3.63, 3.8) is 0 Å². The van der Waals surface area contributed by atoms with Crippen LogP contribution in [-0.2, 0) is 0 Å². The summed E-state index contributed by atoms with van der Waals surface area (Å²) in [7, 11) is 0. The fraction of sp³-hybridized carbons (Fsp3) is 0. The van der Waals surface area contributed by atoms with Gasteiger partial charge in [-0.1, -0.05) is 127 Å². The van der Waals surface area contributed by atoms with Crippen LogP contribution in [0.1, 0.15) is 0 Å². The van der Waals surface area contributed by atoms with Gasteiger partial charge in [-0.3, -0.25) is 4.57 Å². The van der Waals surface area contributed by atoms with E-state index in [-0.39, 0.29) is 0 Å². The number of aromatic nitrogens is 3. The first-order valence-corrected chi connectivity index (χ1v) is 19.4. The average molecular weight is 718 g/mol. The molecule has 13 rings (SSSR count). The van der Waals surface area contributed by atoms with Crippen molar-refractivity contribution in [2.24, 2.45) is 0 Å². The molecule has 0 amide bonds. The lowest BCUT2D eigenvalue weighted by Crippen LogP contribution is -2.03. The molecule has 0 bridgehead atoms. The standard InChI is InChI=1S/C50H27N3OS/c1-2-13-29-28(12-1)24-26-38-45(29)46-39(27-25-34-32-16-4-3-14-30(32)31-15-5-6-17-33(31)44(34)46)53(38)50-51-47-35-18-7-9-21-40(35)54-49(47)48(52-50)37-20-11-23-42-43(37)36-19-8-10-22-41(36)55-42/h1-27H. The van der Waals surface area contributed by atoms with E-state index < -0.39 is 0 Å². The first-order chi connectivity index (χ1) is 27.3. The second-order valence-electron chi connectivity index (χ2n) is 14.4. The van der Waals surface area contributed by atoms with E-state index in [0.29, 0.717) is 11.5 Å². The molecule has 0 fully saturated rings. The number of nitrogens with zero attached hydrogens (tertiary/aromatic N) is 3. The van der Waals surface area contributed by atoms with Crippen LogP contribution >= 0.6 is 11.3 Å². The van der Waals surface area contributed by atoms with Crippen molar-refractivity contribution in [3.8, 4) is 17.2 Å². The van der Waals surface area contributed by atoms with Gasteiger partial charge in [0.05, 0.1) is 11.0 Å². The molecule has 0 spiro atoms. The number of thiophene rings is 1. The van der Waals surface area contributed by atoms with Crippen molar-refractivity contribution >= 4 is 118 Å². The van der Waals surface area contributed by atoms with Crippen LogP contribution in [0.3, 0.4) is 0 Å². The Labute approximate surface area is 317 Å². The molecule has 254 valence electrons. The summed E-state index contributed by atoms with van der Waals surface area (Å²) >= 11 is 1.81. The monoisotopic (exact) mass is 717 g/mol. The third-order valence-electron chi connectivity index (χ3n) is 11.6. The van der Waals surface area contributed by atoms with Gasteiger partial charge in [0.25, 0.3) is 0 Å². The lowest BCUT2D eigenvalue weighted by Gasteiger charge is -2.13. The van der Waals surface area contributed by atoms with E-state index >= 15 is 0 Å². The molecule has 9 aromatic carbocycles. The SMILES string of the molecule is c1ccc2c(c1)ccc1c2c2c3c4ccccc4c4ccccc4c3ccc2n1-c1nc(-c2cccc3sc4ccccc4c23)c2oc3ccccc3c2n1. The molecular weight excluding hydrogens is 691 g/mol. The second-order valence-corrected chi connectivity index (χ2v) is 15.5. The van der Waals surface area contributed by atoms with E-state index in [4.69, 9.17) is 14.4 Å². The molecule has 0 N–H and O–H groups in total. The highest BCUT2D eigenvalue weighted by atomic mass is 32.1. The Hall–Kier alpha value is -7.08. The molecule has 0 aliphatic rings. The molecule has 0 unspecified atom stereocenters. The molecule has 13 aromatic rings. The molecule has 4 heterocycles. The van der Waals surface area contributed by atoms with Crippen LogP contribution in [0, 0.1) is 0 Å². The van der Waals surface area contributed by atoms with Crippen LogP contribution in [0.4, 0.5) is 0 Å². The van der Waals surface area contributed by atoms with Gasteiger partial charge in [0, 0.05) is 47.3 Å². The third kappa shape index (κ3) is 3.89. The zero-order chi connectivity index (χ0) is 35.8. The summed E-state index contributed by atoms with van der Waals surface area (Å²) in [6.07, 6.45) is 0. The second kappa shape index (κ2) is 10.8. The molecule has 0 aliphatic heterocycles. The minimum atomic E-state index is 0.616. The number of rotatable bonds is 2. The molecule has 5 heteroatoms. The predicted octanol–water partition coefficient (Wildman–Crippen LogP) is 14.1. The van der Waals surface area contributed by atoms with Gasteiger partial charge in [-0.25, -0.2) is 9.97 Å². The average Bonchev–Trinajstić information content (AvgIpc) is 3.93. The first-order valence-electron chi connectivity index (χ1n) is 18.6. The smallest absolute Gasteiger partial charge is 0.236 e. The van der Waals surface area contributed by atoms with Crippen molar-refractivity contribution in [1.82, 2.24) is 14.5 Å². The Morgan fingerprint density at radius 2 is 1.04 bits per heavy atom. The molecule has 0 saturated heterocycles. The zero-order valence-corrected chi connectivity index (χ0v) is 30.1. The van der Waals surface area contributed by atoms with Gasteiger partial charge >= 0.3 is 0 Å². The van der Waals surface area contributed by atoms with Crippen LogP contribution in [0.2, 0.25) is 0 Å². The summed E-state index contributed by atoms with van der Waals surface area (Å²) in [5.74, 6) is 0.616. The Morgan fingerprint density at radius 3 is 1.87 bits per heavy atom. The van der Waals surface area contributed by atoms with Crippen molar-refractivity contribution in [2.75, 3.05) is 0 Å².